The third-order valence-electron chi connectivity index (χ3n) is 2.42. The Balaban J connectivity index is 2.37. The molecule has 0 atom stereocenters. The Kier molecular flexibility index (Phi) is 4.17. The maximum atomic E-state index is 12.1. The topological polar surface area (TPSA) is 102 Å². The fourth-order valence-electron chi connectivity index (χ4n) is 1.55. The lowest BCUT2D eigenvalue weighted by atomic mass is 10.3. The van der Waals surface area contributed by atoms with E-state index in [0.717, 1.165) is 0 Å². The lowest BCUT2D eigenvalue weighted by Crippen LogP contribution is -2.19. The molecule has 0 fully saturated rings. The van der Waals surface area contributed by atoms with Crippen molar-refractivity contribution in [2.45, 2.75) is 4.90 Å². The van der Waals surface area contributed by atoms with Crippen molar-refractivity contribution in [1.82, 2.24) is 4.98 Å². The molecule has 0 aliphatic carbocycles. The van der Waals surface area contributed by atoms with Crippen LogP contribution in [0, 0.1) is 0 Å². The van der Waals surface area contributed by atoms with E-state index in [2.05, 4.69) is 26.2 Å². The number of benzene rings is 1. The number of para-hydroxylation sites is 1. The van der Waals surface area contributed by atoms with Gasteiger partial charge in [0.05, 0.1) is 5.69 Å². The molecule has 0 saturated carbocycles. The summed E-state index contributed by atoms with van der Waals surface area (Å²) >= 11 is 3.20. The molecule has 20 heavy (non-hydrogen) atoms. The molecule has 8 heteroatoms. The van der Waals surface area contributed by atoms with Crippen molar-refractivity contribution >= 4 is 37.5 Å². The second-order valence-corrected chi connectivity index (χ2v) is 6.21. The fraction of sp³-hybridized carbons (Fsp3) is 0. The largest absolute Gasteiger partial charge is 0.319 e. The highest BCUT2D eigenvalue weighted by Gasteiger charge is 2.17. The van der Waals surface area contributed by atoms with Gasteiger partial charge in [-0.1, -0.05) is 12.1 Å². The minimum absolute atomic E-state index is 0.109. The first-order valence-corrected chi connectivity index (χ1v) is 7.77. The van der Waals surface area contributed by atoms with Crippen LogP contribution in [-0.2, 0) is 10.0 Å². The second-order valence-electron chi connectivity index (χ2n) is 3.83. The van der Waals surface area contributed by atoms with Gasteiger partial charge in [-0.2, -0.15) is 0 Å². The van der Waals surface area contributed by atoms with Crippen molar-refractivity contribution in [1.29, 1.82) is 0 Å². The summed E-state index contributed by atoms with van der Waals surface area (Å²) in [6.07, 6.45) is 1.46. The number of nitrogens with zero attached hydrogens (tertiary/aromatic N) is 1. The van der Waals surface area contributed by atoms with Crippen molar-refractivity contribution in [2.75, 3.05) is 5.32 Å². The maximum absolute atomic E-state index is 12.1. The summed E-state index contributed by atoms with van der Waals surface area (Å²) in [4.78, 5) is 15.8. The van der Waals surface area contributed by atoms with Crippen LogP contribution in [0.25, 0.3) is 0 Å². The van der Waals surface area contributed by atoms with Crippen LogP contribution in [0.1, 0.15) is 10.5 Å². The molecule has 1 aromatic heterocycles. The summed E-state index contributed by atoms with van der Waals surface area (Å²) in [7, 11) is -3.92. The molecule has 0 unspecified atom stereocenters. The lowest BCUT2D eigenvalue weighted by Gasteiger charge is -2.09. The number of hydrogen-bond acceptors (Lipinski definition) is 4. The molecule has 2 aromatic rings. The van der Waals surface area contributed by atoms with E-state index in [0.29, 0.717) is 4.47 Å². The predicted molar refractivity (Wildman–Crippen MR) is 77.7 cm³/mol. The molecule has 0 radical (unpaired) electrons. The fourth-order valence-corrected chi connectivity index (χ4v) is 2.68. The molecule has 2 rings (SSSR count). The Morgan fingerprint density at radius 1 is 1.20 bits per heavy atom. The van der Waals surface area contributed by atoms with Crippen molar-refractivity contribution in [3.63, 3.8) is 0 Å². The van der Waals surface area contributed by atoms with E-state index >= 15 is 0 Å². The van der Waals surface area contributed by atoms with E-state index in [1.54, 1.807) is 18.2 Å². The maximum Gasteiger partial charge on any atom is 0.275 e. The molecule has 3 N–H and O–H groups in total. The van der Waals surface area contributed by atoms with Crippen LogP contribution in [0.5, 0.6) is 0 Å². The Morgan fingerprint density at radius 2 is 1.90 bits per heavy atom. The SMILES string of the molecule is NS(=O)(=O)c1ccccc1NC(=O)c1ncccc1Br. The van der Waals surface area contributed by atoms with Crippen molar-refractivity contribution in [3.8, 4) is 0 Å². The number of carbonyl (C=O) groups is 1. The van der Waals surface area contributed by atoms with Crippen molar-refractivity contribution in [2.24, 2.45) is 5.14 Å². The molecule has 1 heterocycles. The standard InChI is InChI=1S/C12H10BrN3O3S/c13-8-4-3-7-15-11(8)12(17)16-9-5-1-2-6-10(9)20(14,18)19/h1-7H,(H,16,17)(H2,14,18,19). The Hall–Kier alpha value is -1.77. The highest BCUT2D eigenvalue weighted by Crippen LogP contribution is 2.21. The summed E-state index contributed by atoms with van der Waals surface area (Å²) in [5.74, 6) is -0.534. The van der Waals surface area contributed by atoms with Crippen LogP contribution in [-0.4, -0.2) is 19.3 Å². The van der Waals surface area contributed by atoms with Gasteiger partial charge in [-0.15, -0.1) is 0 Å². The normalized spacial score (nSPS) is 11.1. The van der Waals surface area contributed by atoms with Crippen LogP contribution >= 0.6 is 15.9 Å². The number of aromatic nitrogens is 1. The smallest absolute Gasteiger partial charge is 0.275 e. The third-order valence-corrected chi connectivity index (χ3v) is 4.02. The quantitative estimate of drug-likeness (QED) is 0.875. The van der Waals surface area contributed by atoms with Crippen molar-refractivity contribution < 1.29 is 13.2 Å². The molecule has 0 bridgehead atoms. The lowest BCUT2D eigenvalue weighted by molar-refractivity contribution is 0.102. The first-order chi connectivity index (χ1) is 9.39. The minimum atomic E-state index is -3.92. The Bertz CT molecular complexity index is 762. The molecular formula is C12H10BrN3O3S. The van der Waals surface area contributed by atoms with Crippen LogP contribution in [0.4, 0.5) is 5.69 Å². The molecular weight excluding hydrogens is 346 g/mol. The zero-order chi connectivity index (χ0) is 14.8. The average Bonchev–Trinajstić information content (AvgIpc) is 2.38. The number of amides is 1. The van der Waals surface area contributed by atoms with Crippen LogP contribution in [0.3, 0.4) is 0 Å². The highest BCUT2D eigenvalue weighted by molar-refractivity contribution is 9.10. The van der Waals surface area contributed by atoms with Gasteiger partial charge in [-0.25, -0.2) is 18.5 Å². The zero-order valence-electron chi connectivity index (χ0n) is 10.1. The number of sulfonamides is 1. The average molecular weight is 356 g/mol. The summed E-state index contributed by atoms with van der Waals surface area (Å²) in [6.45, 7) is 0. The number of nitrogens with two attached hydrogens (primary N) is 1. The summed E-state index contributed by atoms with van der Waals surface area (Å²) in [6, 6.07) is 9.21. The second kappa shape index (κ2) is 5.70. The number of pyridine rings is 1. The number of nitrogens with one attached hydrogen (secondary N) is 1. The first kappa shape index (κ1) is 14.6. The van der Waals surface area contributed by atoms with E-state index in [1.165, 1.54) is 24.4 Å². The molecule has 0 aliphatic rings. The summed E-state index contributed by atoms with van der Waals surface area (Å²) < 4.78 is 23.4. The van der Waals surface area contributed by atoms with E-state index < -0.39 is 15.9 Å². The highest BCUT2D eigenvalue weighted by atomic mass is 79.9. The molecule has 1 aromatic carbocycles. The van der Waals surface area contributed by atoms with E-state index in [4.69, 9.17) is 5.14 Å². The molecule has 1 amide bonds. The minimum Gasteiger partial charge on any atom is -0.319 e. The monoisotopic (exact) mass is 355 g/mol. The van der Waals surface area contributed by atoms with Gasteiger partial charge in [0.1, 0.15) is 10.6 Å². The molecule has 0 spiro atoms. The number of carbonyl (C=O) groups excluding carboxylic acids is 1. The van der Waals surface area contributed by atoms with Crippen LogP contribution < -0.4 is 10.5 Å². The molecule has 104 valence electrons. The third kappa shape index (κ3) is 3.21. The van der Waals surface area contributed by atoms with Gasteiger partial charge < -0.3 is 5.32 Å². The molecule has 6 nitrogen and oxygen atoms in total. The first-order valence-electron chi connectivity index (χ1n) is 5.43. The van der Waals surface area contributed by atoms with Gasteiger partial charge >= 0.3 is 0 Å². The number of hydrogen-bond donors (Lipinski definition) is 2. The zero-order valence-corrected chi connectivity index (χ0v) is 12.5. The van der Waals surface area contributed by atoms with Gasteiger partial charge in [0.25, 0.3) is 5.91 Å². The Labute approximate surface area is 124 Å². The van der Waals surface area contributed by atoms with Gasteiger partial charge in [0, 0.05) is 10.7 Å². The van der Waals surface area contributed by atoms with Gasteiger partial charge in [0.15, 0.2) is 0 Å². The number of primary sulfonamides is 1. The van der Waals surface area contributed by atoms with Crippen LogP contribution in [0.15, 0.2) is 52.0 Å². The number of anilines is 1. The van der Waals surface area contributed by atoms with E-state index in [1.807, 2.05) is 0 Å². The van der Waals surface area contributed by atoms with Crippen LogP contribution in [0.2, 0.25) is 0 Å². The van der Waals surface area contributed by atoms with Gasteiger partial charge in [-0.3, -0.25) is 4.79 Å². The van der Waals surface area contributed by atoms with Gasteiger partial charge in [0.2, 0.25) is 10.0 Å². The number of rotatable bonds is 3. The van der Waals surface area contributed by atoms with E-state index in [9.17, 15) is 13.2 Å². The van der Waals surface area contributed by atoms with Gasteiger partial charge in [-0.05, 0) is 40.2 Å². The predicted octanol–water partition coefficient (Wildman–Crippen LogP) is 1.74. The summed E-state index contributed by atoms with van der Waals surface area (Å²) in [5, 5.41) is 7.58. The Morgan fingerprint density at radius 3 is 2.55 bits per heavy atom. The summed E-state index contributed by atoms with van der Waals surface area (Å²) in [5.41, 5.74) is 0.259. The van der Waals surface area contributed by atoms with E-state index in [-0.39, 0.29) is 16.3 Å². The molecule has 0 saturated heterocycles. The number of halogens is 1. The molecule has 0 aliphatic heterocycles. The van der Waals surface area contributed by atoms with Crippen molar-refractivity contribution in [3.05, 3.63) is 52.8 Å².